The van der Waals surface area contributed by atoms with Gasteiger partial charge in [0.1, 0.15) is 18.1 Å². The second kappa shape index (κ2) is 10.8. The van der Waals surface area contributed by atoms with Crippen molar-refractivity contribution in [2.75, 3.05) is 13.2 Å². The summed E-state index contributed by atoms with van der Waals surface area (Å²) in [5.41, 5.74) is -0.968. The molecule has 184 valence electrons. The predicted octanol–water partition coefficient (Wildman–Crippen LogP) is -0.114. The van der Waals surface area contributed by atoms with Gasteiger partial charge >= 0.3 is 23.9 Å². The van der Waals surface area contributed by atoms with Gasteiger partial charge in [-0.25, -0.2) is 0 Å². The zero-order valence-corrected chi connectivity index (χ0v) is 19.4. The quantitative estimate of drug-likeness (QED) is 0.345. The lowest BCUT2D eigenvalue weighted by Gasteiger charge is -2.45. The van der Waals surface area contributed by atoms with E-state index in [0.29, 0.717) is 0 Å². The second-order valence-corrected chi connectivity index (χ2v) is 9.09. The highest BCUT2D eigenvalue weighted by Crippen LogP contribution is 2.41. The molecule has 3 fully saturated rings. The lowest BCUT2D eigenvalue weighted by atomic mass is 9.99. The first-order valence-corrected chi connectivity index (χ1v) is 11.2. The van der Waals surface area contributed by atoms with Crippen LogP contribution in [0.1, 0.15) is 34.1 Å². The van der Waals surface area contributed by atoms with E-state index < -0.39 is 71.4 Å². The van der Waals surface area contributed by atoms with Crippen molar-refractivity contribution in [1.29, 1.82) is 0 Å². The summed E-state index contributed by atoms with van der Waals surface area (Å²) in [6, 6.07) is 0. The number of esters is 4. The van der Waals surface area contributed by atoms with Crippen molar-refractivity contribution in [3.8, 4) is 0 Å². The third-order valence-electron chi connectivity index (χ3n) is 5.05. The Morgan fingerprint density at radius 1 is 0.879 bits per heavy atom. The van der Waals surface area contributed by atoms with Crippen LogP contribution in [0.25, 0.3) is 0 Å². The number of carbonyl (C=O) groups excluding carboxylic acids is 5. The first-order valence-electron chi connectivity index (χ1n) is 10.3. The standard InChI is InChI=1S/C20H26O12S/c1-8(21)26-7-14-16(28-9(2)22)17(29-10(3)23)18(30-11(4)24)20(32-14)33-15-5-12(25)19-27-6-13(15)31-19/h13-20H,5-7H2,1-4H3/t13-,14-,15-,16+,17+,18-,19-,20+/m1/s1. The lowest BCUT2D eigenvalue weighted by molar-refractivity contribution is -0.237. The Labute approximate surface area is 193 Å². The molecule has 0 spiro atoms. The van der Waals surface area contributed by atoms with Crippen molar-refractivity contribution in [1.82, 2.24) is 0 Å². The zero-order chi connectivity index (χ0) is 24.3. The molecule has 0 radical (unpaired) electrons. The number of thioether (sulfide) groups is 1. The average Bonchev–Trinajstić information content (AvgIpc) is 3.14. The Kier molecular flexibility index (Phi) is 8.32. The summed E-state index contributed by atoms with van der Waals surface area (Å²) in [5, 5.41) is -0.406. The third kappa shape index (κ3) is 6.43. The highest BCUT2D eigenvalue weighted by Gasteiger charge is 2.54. The van der Waals surface area contributed by atoms with Gasteiger partial charge in [-0.15, -0.1) is 11.8 Å². The minimum atomic E-state index is -1.25. The number of ketones is 1. The number of hydrogen-bond acceptors (Lipinski definition) is 13. The fourth-order valence-electron chi connectivity index (χ4n) is 3.82. The molecule has 3 rings (SSSR count). The van der Waals surface area contributed by atoms with Crippen molar-refractivity contribution < 1.29 is 57.1 Å². The molecule has 0 aromatic rings. The number of ether oxygens (including phenoxy) is 7. The van der Waals surface area contributed by atoms with Gasteiger partial charge < -0.3 is 33.2 Å². The number of Topliss-reactive ketones (excluding diaryl/α,β-unsaturated/α-hetero) is 1. The van der Waals surface area contributed by atoms with Crippen LogP contribution in [0.15, 0.2) is 0 Å². The molecule has 33 heavy (non-hydrogen) atoms. The van der Waals surface area contributed by atoms with E-state index in [2.05, 4.69) is 0 Å². The van der Waals surface area contributed by atoms with Crippen LogP contribution in [0.4, 0.5) is 0 Å². The number of hydrogen-bond donors (Lipinski definition) is 0. The van der Waals surface area contributed by atoms with Crippen molar-refractivity contribution >= 4 is 41.4 Å². The maximum absolute atomic E-state index is 12.2. The van der Waals surface area contributed by atoms with E-state index in [1.807, 2.05) is 0 Å². The summed E-state index contributed by atoms with van der Waals surface area (Å²) in [5.74, 6) is -2.94. The average molecular weight is 490 g/mol. The minimum absolute atomic E-state index is 0.132. The predicted molar refractivity (Wildman–Crippen MR) is 108 cm³/mol. The van der Waals surface area contributed by atoms with E-state index >= 15 is 0 Å². The summed E-state index contributed by atoms with van der Waals surface area (Å²) >= 11 is 1.15. The van der Waals surface area contributed by atoms with Gasteiger partial charge in [0, 0.05) is 39.4 Å². The summed E-state index contributed by atoms with van der Waals surface area (Å²) in [6.07, 6.45) is -5.87. The molecule has 3 saturated heterocycles. The van der Waals surface area contributed by atoms with Gasteiger partial charge in [0.25, 0.3) is 0 Å². The minimum Gasteiger partial charge on any atom is -0.463 e. The molecule has 3 heterocycles. The molecule has 0 aromatic carbocycles. The summed E-state index contributed by atoms with van der Waals surface area (Å²) in [7, 11) is 0. The summed E-state index contributed by atoms with van der Waals surface area (Å²) in [6.45, 7) is 4.56. The van der Waals surface area contributed by atoms with Crippen LogP contribution in [0.2, 0.25) is 0 Å². The molecule has 0 aromatic heterocycles. The van der Waals surface area contributed by atoms with Crippen LogP contribution in [0.5, 0.6) is 0 Å². The third-order valence-corrected chi connectivity index (χ3v) is 6.51. The lowest BCUT2D eigenvalue weighted by Crippen LogP contribution is -2.62. The molecule has 0 N–H and O–H groups in total. The normalized spacial score (nSPS) is 35.5. The number of fused-ring (bicyclic) bond motifs is 2. The molecule has 0 amide bonds. The van der Waals surface area contributed by atoms with E-state index in [4.69, 9.17) is 33.2 Å². The fraction of sp³-hybridized carbons (Fsp3) is 0.750. The molecule has 13 heteroatoms. The van der Waals surface area contributed by atoms with Gasteiger partial charge in [0.05, 0.1) is 12.7 Å². The van der Waals surface area contributed by atoms with Crippen molar-refractivity contribution in [2.24, 2.45) is 0 Å². The number of carbonyl (C=O) groups is 5. The largest absolute Gasteiger partial charge is 0.463 e. The van der Waals surface area contributed by atoms with Crippen LogP contribution in [-0.4, -0.2) is 90.4 Å². The second-order valence-electron chi connectivity index (χ2n) is 7.75. The van der Waals surface area contributed by atoms with Crippen LogP contribution in [0, 0.1) is 0 Å². The van der Waals surface area contributed by atoms with E-state index in [1.165, 1.54) is 13.8 Å². The SMILES string of the molecule is CC(=O)OC[C@H]1O[C@@H](S[C@@H]2CC(=O)[C@@H]3OC[C@H]2O3)[C@H](OC(C)=O)[C@@H](OC(C)=O)[C@H]1OC(C)=O. The van der Waals surface area contributed by atoms with Crippen molar-refractivity contribution in [3.05, 3.63) is 0 Å². The van der Waals surface area contributed by atoms with Gasteiger partial charge in [-0.2, -0.15) is 0 Å². The Hall–Kier alpha value is -2.22. The summed E-state index contributed by atoms with van der Waals surface area (Å²) < 4.78 is 38.2. The van der Waals surface area contributed by atoms with E-state index in [-0.39, 0.29) is 25.4 Å². The van der Waals surface area contributed by atoms with Crippen molar-refractivity contribution in [2.45, 2.75) is 81.6 Å². The molecule has 0 saturated carbocycles. The maximum atomic E-state index is 12.2. The van der Waals surface area contributed by atoms with Crippen LogP contribution in [-0.2, 0) is 57.1 Å². The zero-order valence-electron chi connectivity index (χ0n) is 18.5. The molecular formula is C20H26O12S. The van der Waals surface area contributed by atoms with Crippen LogP contribution >= 0.6 is 11.8 Å². The van der Waals surface area contributed by atoms with Gasteiger partial charge in [-0.3, -0.25) is 24.0 Å². The molecule has 2 bridgehead atoms. The van der Waals surface area contributed by atoms with Gasteiger partial charge in [0.15, 0.2) is 24.1 Å². The highest BCUT2D eigenvalue weighted by atomic mass is 32.2. The van der Waals surface area contributed by atoms with E-state index in [0.717, 1.165) is 25.6 Å². The van der Waals surface area contributed by atoms with Gasteiger partial charge in [-0.1, -0.05) is 0 Å². The Bertz CT molecular complexity index is 800. The molecule has 0 aliphatic carbocycles. The fourth-order valence-corrected chi connectivity index (χ4v) is 5.31. The monoisotopic (exact) mass is 490 g/mol. The number of rotatable bonds is 7. The van der Waals surface area contributed by atoms with Crippen LogP contribution < -0.4 is 0 Å². The Morgan fingerprint density at radius 3 is 2.09 bits per heavy atom. The Morgan fingerprint density at radius 2 is 1.48 bits per heavy atom. The molecule has 3 aliphatic heterocycles. The molecule has 0 unspecified atom stereocenters. The molecule has 3 aliphatic rings. The molecular weight excluding hydrogens is 464 g/mol. The van der Waals surface area contributed by atoms with Crippen LogP contribution in [0.3, 0.4) is 0 Å². The first kappa shape index (κ1) is 25.4. The van der Waals surface area contributed by atoms with E-state index in [9.17, 15) is 24.0 Å². The topological polar surface area (TPSA) is 150 Å². The Balaban J connectivity index is 1.91. The summed E-state index contributed by atoms with van der Waals surface area (Å²) in [4.78, 5) is 59.1. The molecule has 12 nitrogen and oxygen atoms in total. The van der Waals surface area contributed by atoms with E-state index in [1.54, 1.807) is 0 Å². The maximum Gasteiger partial charge on any atom is 0.303 e. The van der Waals surface area contributed by atoms with Crippen molar-refractivity contribution in [3.63, 3.8) is 0 Å². The smallest absolute Gasteiger partial charge is 0.303 e. The highest BCUT2D eigenvalue weighted by molar-refractivity contribution is 8.00. The molecule has 8 atom stereocenters. The first-order chi connectivity index (χ1) is 15.5. The van der Waals surface area contributed by atoms with Gasteiger partial charge in [-0.05, 0) is 0 Å². The van der Waals surface area contributed by atoms with Gasteiger partial charge in [0.2, 0.25) is 6.29 Å².